The summed E-state index contributed by atoms with van der Waals surface area (Å²) in [5.41, 5.74) is 2.73. The Bertz CT molecular complexity index is 877. The van der Waals surface area contributed by atoms with Crippen LogP contribution in [0.1, 0.15) is 29.1 Å². The van der Waals surface area contributed by atoms with E-state index in [1.54, 1.807) is 7.11 Å². The zero-order chi connectivity index (χ0) is 16.0. The molecule has 5 heteroatoms. The van der Waals surface area contributed by atoms with Crippen LogP contribution < -0.4 is 4.74 Å². The van der Waals surface area contributed by atoms with Crippen LogP contribution in [-0.2, 0) is 6.54 Å². The van der Waals surface area contributed by atoms with Crippen LogP contribution in [0.25, 0.3) is 10.9 Å². The zero-order valence-corrected chi connectivity index (χ0v) is 13.2. The van der Waals surface area contributed by atoms with E-state index < -0.39 is 0 Å². The van der Waals surface area contributed by atoms with Crippen molar-refractivity contribution in [2.45, 2.75) is 19.5 Å². The van der Waals surface area contributed by atoms with Crippen molar-refractivity contribution in [2.24, 2.45) is 0 Å². The van der Waals surface area contributed by atoms with Crippen molar-refractivity contribution in [3.05, 3.63) is 54.0 Å². The van der Waals surface area contributed by atoms with Gasteiger partial charge < -0.3 is 19.2 Å². The summed E-state index contributed by atoms with van der Waals surface area (Å²) in [7, 11) is 1.64. The molecule has 1 aromatic carbocycles. The fourth-order valence-corrected chi connectivity index (χ4v) is 3.36. The highest BCUT2D eigenvalue weighted by Crippen LogP contribution is 2.28. The highest BCUT2D eigenvalue weighted by Gasteiger charge is 2.28. The summed E-state index contributed by atoms with van der Waals surface area (Å²) in [6.07, 6.45) is 2.07. The molecule has 0 saturated heterocycles. The fraction of sp³-hybridized carbons (Fsp3) is 0.278. The summed E-state index contributed by atoms with van der Waals surface area (Å²) in [6.45, 7) is 3.64. The van der Waals surface area contributed by atoms with Crippen LogP contribution in [-0.4, -0.2) is 34.0 Å². The molecular weight excluding hydrogens is 290 g/mol. The van der Waals surface area contributed by atoms with Gasteiger partial charge in [-0.15, -0.1) is 0 Å². The number of ether oxygens (including phenoxy) is 1. The third kappa shape index (κ3) is 2.20. The number of hydrogen-bond acceptors (Lipinski definition) is 2. The van der Waals surface area contributed by atoms with Gasteiger partial charge in [0.2, 0.25) is 0 Å². The van der Waals surface area contributed by atoms with E-state index in [1.165, 1.54) is 5.69 Å². The molecule has 1 N–H and O–H groups in total. The maximum atomic E-state index is 12.9. The number of hydrogen-bond donors (Lipinski definition) is 1. The van der Waals surface area contributed by atoms with E-state index in [-0.39, 0.29) is 11.9 Å². The predicted molar refractivity (Wildman–Crippen MR) is 88.7 cm³/mol. The van der Waals surface area contributed by atoms with Gasteiger partial charge in [-0.25, -0.2) is 0 Å². The molecule has 0 radical (unpaired) electrons. The number of rotatable bonds is 2. The number of fused-ring (bicyclic) bond motifs is 2. The van der Waals surface area contributed by atoms with E-state index >= 15 is 0 Å². The number of carbonyl (C=O) groups is 1. The lowest BCUT2D eigenvalue weighted by Gasteiger charge is -2.34. The Morgan fingerprint density at radius 3 is 2.96 bits per heavy atom. The molecule has 3 aromatic rings. The molecule has 1 aliphatic rings. The van der Waals surface area contributed by atoms with Gasteiger partial charge in [-0.2, -0.15) is 0 Å². The number of carbonyl (C=O) groups excluding carboxylic acids is 1. The molecule has 1 amide bonds. The maximum Gasteiger partial charge on any atom is 0.270 e. The lowest BCUT2D eigenvalue weighted by atomic mass is 10.1. The molecule has 1 atom stereocenters. The van der Waals surface area contributed by atoms with E-state index in [1.807, 2.05) is 35.2 Å². The first kappa shape index (κ1) is 13.9. The SMILES string of the molecule is COc1ccc2cc(C(=O)N3CCn4cccc4[C@H]3C)[nH]c2c1. The molecule has 4 rings (SSSR count). The van der Waals surface area contributed by atoms with Gasteiger partial charge in [0.05, 0.1) is 13.2 Å². The van der Waals surface area contributed by atoms with Crippen molar-refractivity contribution in [3.8, 4) is 5.75 Å². The molecule has 5 nitrogen and oxygen atoms in total. The first-order valence-electron chi connectivity index (χ1n) is 7.80. The maximum absolute atomic E-state index is 12.9. The topological polar surface area (TPSA) is 50.3 Å². The number of aromatic nitrogens is 2. The monoisotopic (exact) mass is 309 g/mol. The van der Waals surface area contributed by atoms with Crippen molar-refractivity contribution < 1.29 is 9.53 Å². The van der Waals surface area contributed by atoms with Crippen LogP contribution in [0.2, 0.25) is 0 Å². The minimum atomic E-state index is 0.0418. The van der Waals surface area contributed by atoms with Gasteiger partial charge in [-0.1, -0.05) is 0 Å². The van der Waals surface area contributed by atoms with Crippen molar-refractivity contribution in [3.63, 3.8) is 0 Å². The van der Waals surface area contributed by atoms with E-state index in [0.29, 0.717) is 5.69 Å². The lowest BCUT2D eigenvalue weighted by Crippen LogP contribution is -2.40. The predicted octanol–water partition coefficient (Wildman–Crippen LogP) is 3.20. The molecule has 3 heterocycles. The van der Waals surface area contributed by atoms with Gasteiger partial charge in [-0.3, -0.25) is 4.79 Å². The standard InChI is InChI=1S/C18H19N3O2/c1-12-17-4-3-7-20(17)8-9-21(12)18(22)16-10-13-5-6-14(23-2)11-15(13)19-16/h3-7,10-12,19H,8-9H2,1-2H3/t12-/m1/s1. The lowest BCUT2D eigenvalue weighted by molar-refractivity contribution is 0.0639. The third-order valence-electron chi connectivity index (χ3n) is 4.66. The average molecular weight is 309 g/mol. The Hall–Kier alpha value is -2.69. The molecule has 1 aliphatic heterocycles. The second-order valence-electron chi connectivity index (χ2n) is 5.94. The highest BCUT2D eigenvalue weighted by atomic mass is 16.5. The van der Waals surface area contributed by atoms with Gasteiger partial charge >= 0.3 is 0 Å². The van der Waals surface area contributed by atoms with Gasteiger partial charge in [0.25, 0.3) is 5.91 Å². The Labute approximate surface area is 134 Å². The van der Waals surface area contributed by atoms with Crippen molar-refractivity contribution >= 4 is 16.8 Å². The molecule has 0 bridgehead atoms. The Balaban J connectivity index is 1.67. The van der Waals surface area contributed by atoms with Gasteiger partial charge in [0, 0.05) is 41.9 Å². The smallest absolute Gasteiger partial charge is 0.270 e. The number of nitrogens with one attached hydrogen (secondary N) is 1. The molecule has 2 aromatic heterocycles. The molecule has 0 spiro atoms. The van der Waals surface area contributed by atoms with Crippen LogP contribution >= 0.6 is 0 Å². The van der Waals surface area contributed by atoms with Crippen molar-refractivity contribution in [2.75, 3.05) is 13.7 Å². The third-order valence-corrected chi connectivity index (χ3v) is 4.66. The van der Waals surface area contributed by atoms with Crippen LogP contribution in [0, 0.1) is 0 Å². The summed E-state index contributed by atoms with van der Waals surface area (Å²) >= 11 is 0. The molecule has 0 unspecified atom stereocenters. The number of nitrogens with zero attached hydrogens (tertiary/aromatic N) is 2. The first-order valence-corrected chi connectivity index (χ1v) is 7.80. The van der Waals surface area contributed by atoms with E-state index in [4.69, 9.17) is 4.74 Å². The minimum absolute atomic E-state index is 0.0418. The normalized spacial score (nSPS) is 17.3. The number of H-pyrrole nitrogens is 1. The number of amides is 1. The number of benzene rings is 1. The van der Waals surface area contributed by atoms with Crippen LogP contribution in [0.5, 0.6) is 5.75 Å². The second-order valence-corrected chi connectivity index (χ2v) is 5.94. The summed E-state index contributed by atoms with van der Waals surface area (Å²) in [5.74, 6) is 0.822. The molecule has 0 fully saturated rings. The number of aromatic amines is 1. The molecule has 118 valence electrons. The summed E-state index contributed by atoms with van der Waals surface area (Å²) < 4.78 is 7.45. The van der Waals surface area contributed by atoms with Crippen LogP contribution in [0.3, 0.4) is 0 Å². The second kappa shape index (κ2) is 5.19. The highest BCUT2D eigenvalue weighted by molar-refractivity contribution is 5.98. The van der Waals surface area contributed by atoms with E-state index in [0.717, 1.165) is 29.7 Å². The molecular formula is C18H19N3O2. The van der Waals surface area contributed by atoms with E-state index in [2.05, 4.69) is 28.7 Å². The zero-order valence-electron chi connectivity index (χ0n) is 13.2. The quantitative estimate of drug-likeness (QED) is 0.790. The number of methoxy groups -OCH3 is 1. The first-order chi connectivity index (χ1) is 11.2. The summed E-state index contributed by atoms with van der Waals surface area (Å²) in [6, 6.07) is 11.9. The van der Waals surface area contributed by atoms with E-state index in [9.17, 15) is 4.79 Å². The van der Waals surface area contributed by atoms with Gasteiger partial charge in [0.1, 0.15) is 11.4 Å². The Morgan fingerprint density at radius 1 is 1.26 bits per heavy atom. The van der Waals surface area contributed by atoms with Crippen molar-refractivity contribution in [1.29, 1.82) is 0 Å². The largest absolute Gasteiger partial charge is 0.497 e. The van der Waals surface area contributed by atoms with Crippen LogP contribution in [0.4, 0.5) is 0 Å². The summed E-state index contributed by atoms with van der Waals surface area (Å²) in [4.78, 5) is 18.1. The summed E-state index contributed by atoms with van der Waals surface area (Å²) in [5, 5.41) is 1.02. The fourth-order valence-electron chi connectivity index (χ4n) is 3.36. The molecule has 0 aliphatic carbocycles. The van der Waals surface area contributed by atoms with Crippen molar-refractivity contribution in [1.82, 2.24) is 14.5 Å². The van der Waals surface area contributed by atoms with Crippen LogP contribution in [0.15, 0.2) is 42.6 Å². The molecule has 23 heavy (non-hydrogen) atoms. The van der Waals surface area contributed by atoms with Gasteiger partial charge in [0.15, 0.2) is 0 Å². The minimum Gasteiger partial charge on any atom is -0.497 e. The average Bonchev–Trinajstić information content (AvgIpc) is 3.20. The molecule has 0 saturated carbocycles. The Kier molecular flexibility index (Phi) is 3.15. The van der Waals surface area contributed by atoms with Gasteiger partial charge in [-0.05, 0) is 37.3 Å². The Morgan fingerprint density at radius 2 is 2.13 bits per heavy atom.